The number of rotatable bonds is 7. The number of ether oxygens (including phenoxy) is 1. The number of nitrogens with zero attached hydrogens (tertiary/aromatic N) is 2. The number of amides is 3. The predicted molar refractivity (Wildman–Crippen MR) is 124 cm³/mol. The molecule has 0 bridgehead atoms. The number of anilines is 1. The van der Waals surface area contributed by atoms with Gasteiger partial charge in [-0.3, -0.25) is 15.5 Å². The molecule has 1 saturated heterocycles. The minimum absolute atomic E-state index is 0.00218. The first-order valence-corrected chi connectivity index (χ1v) is 9.98. The number of likely N-dealkylation sites (N-methyl/N-ethyl adjacent to an activating group) is 1. The van der Waals surface area contributed by atoms with Crippen molar-refractivity contribution in [2.45, 2.75) is 13.8 Å². The zero-order valence-electron chi connectivity index (χ0n) is 18.7. The van der Waals surface area contributed by atoms with Gasteiger partial charge in [-0.15, -0.1) is 0 Å². The number of carbonyl (C=O) groups is 2. The summed E-state index contributed by atoms with van der Waals surface area (Å²) in [7, 11) is 2.90. The Balaban J connectivity index is 2.39. The normalized spacial score (nSPS) is 15.0. The molecule has 172 valence electrons. The molecule has 0 aliphatic carbocycles. The van der Waals surface area contributed by atoms with Crippen molar-refractivity contribution >= 4 is 29.7 Å². The maximum Gasteiger partial charge on any atom is 0.322 e. The lowest BCUT2D eigenvalue weighted by atomic mass is 10.0. The summed E-state index contributed by atoms with van der Waals surface area (Å²) in [6.45, 7) is 5.05. The SMILES string of the molecule is CC=NC(=N)c1cccc(NC(/C=C(\N)NC(=O)N2CC(C)C2)=C(/N)C(=O)NC)c1OC. The Hall–Kier alpha value is -4.02. The fourth-order valence-corrected chi connectivity index (χ4v) is 3.08. The van der Waals surface area contributed by atoms with Crippen LogP contribution in [0.15, 0.2) is 46.5 Å². The van der Waals surface area contributed by atoms with Crippen LogP contribution in [0.4, 0.5) is 10.5 Å². The van der Waals surface area contributed by atoms with E-state index in [2.05, 4.69) is 20.9 Å². The number of carbonyl (C=O) groups excluding carboxylic acids is 2. The van der Waals surface area contributed by atoms with Crippen LogP contribution in [0.3, 0.4) is 0 Å². The second-order valence-corrected chi connectivity index (χ2v) is 7.19. The van der Waals surface area contributed by atoms with E-state index in [1.165, 1.54) is 26.4 Å². The van der Waals surface area contributed by atoms with Gasteiger partial charge in [-0.2, -0.15) is 0 Å². The smallest absolute Gasteiger partial charge is 0.322 e. The van der Waals surface area contributed by atoms with Crippen molar-refractivity contribution in [1.82, 2.24) is 15.5 Å². The molecule has 8 N–H and O–H groups in total. The van der Waals surface area contributed by atoms with Crippen LogP contribution < -0.4 is 32.2 Å². The minimum atomic E-state index is -0.544. The molecule has 0 radical (unpaired) electrons. The first kappa shape index (κ1) is 24.3. The summed E-state index contributed by atoms with van der Waals surface area (Å²) in [5.41, 5.74) is 12.9. The van der Waals surface area contributed by atoms with Crippen LogP contribution in [-0.2, 0) is 4.79 Å². The Morgan fingerprint density at radius 3 is 2.56 bits per heavy atom. The van der Waals surface area contributed by atoms with Crippen molar-refractivity contribution in [2.24, 2.45) is 22.4 Å². The number of hydrogen-bond donors (Lipinski definition) is 6. The lowest BCUT2D eigenvalue weighted by molar-refractivity contribution is -0.117. The third-order valence-corrected chi connectivity index (χ3v) is 4.67. The third kappa shape index (κ3) is 5.78. The lowest BCUT2D eigenvalue weighted by Gasteiger charge is -2.36. The molecule has 2 rings (SSSR count). The van der Waals surface area contributed by atoms with Gasteiger partial charge in [0, 0.05) is 32.4 Å². The molecular formula is C21H30N8O3. The summed E-state index contributed by atoms with van der Waals surface area (Å²) in [5, 5.41) is 16.2. The molecule has 0 spiro atoms. The van der Waals surface area contributed by atoms with Gasteiger partial charge < -0.3 is 31.7 Å². The molecule has 1 aliphatic rings. The molecule has 0 unspecified atom stereocenters. The molecule has 1 aromatic rings. The van der Waals surface area contributed by atoms with Crippen LogP contribution >= 0.6 is 0 Å². The molecule has 0 aromatic heterocycles. The zero-order valence-corrected chi connectivity index (χ0v) is 18.7. The van der Waals surface area contributed by atoms with E-state index in [4.69, 9.17) is 21.6 Å². The second-order valence-electron chi connectivity index (χ2n) is 7.19. The predicted octanol–water partition coefficient (Wildman–Crippen LogP) is 0.901. The summed E-state index contributed by atoms with van der Waals surface area (Å²) in [6.07, 6.45) is 2.86. The maximum atomic E-state index is 12.3. The molecular weight excluding hydrogens is 412 g/mol. The van der Waals surface area contributed by atoms with Gasteiger partial charge in [-0.25, -0.2) is 9.79 Å². The maximum absolute atomic E-state index is 12.3. The Morgan fingerprint density at radius 2 is 2.00 bits per heavy atom. The number of allylic oxidation sites excluding steroid dienone is 1. The first-order valence-electron chi connectivity index (χ1n) is 9.98. The summed E-state index contributed by atoms with van der Waals surface area (Å²) in [6, 6.07) is 4.74. The summed E-state index contributed by atoms with van der Waals surface area (Å²) >= 11 is 0. The van der Waals surface area contributed by atoms with Crippen molar-refractivity contribution in [3.05, 3.63) is 47.1 Å². The van der Waals surface area contributed by atoms with Crippen molar-refractivity contribution < 1.29 is 14.3 Å². The van der Waals surface area contributed by atoms with Gasteiger partial charge in [-0.05, 0) is 25.0 Å². The first-order chi connectivity index (χ1) is 15.2. The number of benzene rings is 1. The molecule has 11 nitrogen and oxygen atoms in total. The van der Waals surface area contributed by atoms with E-state index in [1.54, 1.807) is 30.0 Å². The van der Waals surface area contributed by atoms with Gasteiger partial charge in [0.1, 0.15) is 11.5 Å². The number of nitrogens with one attached hydrogen (secondary N) is 4. The molecule has 0 atom stereocenters. The van der Waals surface area contributed by atoms with Crippen molar-refractivity contribution in [1.29, 1.82) is 5.41 Å². The van der Waals surface area contributed by atoms with Gasteiger partial charge in [0.25, 0.3) is 5.91 Å². The van der Waals surface area contributed by atoms with E-state index in [9.17, 15) is 9.59 Å². The fourth-order valence-electron chi connectivity index (χ4n) is 3.08. The Labute approximate surface area is 187 Å². The monoisotopic (exact) mass is 442 g/mol. The van der Waals surface area contributed by atoms with E-state index in [-0.39, 0.29) is 29.1 Å². The number of methoxy groups -OCH3 is 1. The summed E-state index contributed by atoms with van der Waals surface area (Å²) in [4.78, 5) is 30.0. The van der Waals surface area contributed by atoms with E-state index in [0.717, 1.165) is 0 Å². The quantitative estimate of drug-likeness (QED) is 0.158. The molecule has 11 heteroatoms. The van der Waals surface area contributed by atoms with Gasteiger partial charge >= 0.3 is 6.03 Å². The standard InChI is InChI=1S/C21H30N8O3/c1-5-26-19(24)13-7-6-8-14(18(13)32-4)27-15(17(23)20(30)25-3)9-16(22)28-21(31)29-10-12(2)11-29/h5-9,12,24,27H,10-11,22-23H2,1-4H3,(H,25,30)(H,28,31)/b16-9+,17-15+,24-19?,26-5?. The van der Waals surface area contributed by atoms with Gasteiger partial charge in [0.2, 0.25) is 0 Å². The van der Waals surface area contributed by atoms with Gasteiger partial charge in [0.05, 0.1) is 24.1 Å². The summed E-state index contributed by atoms with van der Waals surface area (Å²) < 4.78 is 5.48. The van der Waals surface area contributed by atoms with Crippen LogP contribution in [0, 0.1) is 11.3 Å². The number of urea groups is 1. The zero-order chi connectivity index (χ0) is 23.8. The van der Waals surface area contributed by atoms with Crippen LogP contribution in [0.1, 0.15) is 19.4 Å². The lowest BCUT2D eigenvalue weighted by Crippen LogP contribution is -2.53. The van der Waals surface area contributed by atoms with Gasteiger partial charge in [0.15, 0.2) is 11.6 Å². The Kier molecular flexibility index (Phi) is 8.22. The largest absolute Gasteiger partial charge is 0.494 e. The summed E-state index contributed by atoms with van der Waals surface area (Å²) in [5.74, 6) is 0.238. The molecule has 3 amide bonds. The second kappa shape index (κ2) is 10.8. The fraction of sp³-hybridized carbons (Fsp3) is 0.333. The Bertz CT molecular complexity index is 977. The van der Waals surface area contributed by atoms with Crippen LogP contribution in [-0.4, -0.2) is 56.1 Å². The number of hydrogen-bond acceptors (Lipinski definition) is 7. The van der Waals surface area contributed by atoms with E-state index < -0.39 is 5.91 Å². The Morgan fingerprint density at radius 1 is 1.31 bits per heavy atom. The topological polar surface area (TPSA) is 171 Å². The van der Waals surface area contributed by atoms with Crippen LogP contribution in [0.25, 0.3) is 0 Å². The molecule has 1 aliphatic heterocycles. The van der Waals surface area contributed by atoms with Crippen molar-refractivity contribution in [2.75, 3.05) is 32.6 Å². The number of aliphatic imine (C=N–C) groups is 1. The molecule has 1 fully saturated rings. The number of para-hydroxylation sites is 1. The highest BCUT2D eigenvalue weighted by molar-refractivity contribution is 6.04. The average Bonchev–Trinajstić information content (AvgIpc) is 2.75. The third-order valence-electron chi connectivity index (χ3n) is 4.67. The number of nitrogens with two attached hydrogens (primary N) is 2. The van der Waals surface area contributed by atoms with Gasteiger partial charge in [-0.1, -0.05) is 13.0 Å². The minimum Gasteiger partial charge on any atom is -0.494 e. The number of likely N-dealkylation sites (tertiary alicyclic amines) is 1. The molecule has 32 heavy (non-hydrogen) atoms. The molecule has 1 aromatic carbocycles. The highest BCUT2D eigenvalue weighted by Gasteiger charge is 2.27. The van der Waals surface area contributed by atoms with Crippen LogP contribution in [0.5, 0.6) is 5.75 Å². The van der Waals surface area contributed by atoms with Crippen molar-refractivity contribution in [3.8, 4) is 5.75 Å². The average molecular weight is 443 g/mol. The van der Waals surface area contributed by atoms with E-state index in [0.29, 0.717) is 36.0 Å². The van der Waals surface area contributed by atoms with E-state index in [1.807, 2.05) is 6.92 Å². The molecule has 1 heterocycles. The number of amidine groups is 1. The molecule has 0 saturated carbocycles. The highest BCUT2D eigenvalue weighted by atomic mass is 16.5. The van der Waals surface area contributed by atoms with Crippen LogP contribution in [0.2, 0.25) is 0 Å². The highest BCUT2D eigenvalue weighted by Crippen LogP contribution is 2.31. The van der Waals surface area contributed by atoms with Crippen molar-refractivity contribution in [3.63, 3.8) is 0 Å². The van der Waals surface area contributed by atoms with E-state index >= 15 is 0 Å².